The Kier molecular flexibility index (Phi) is 5.00. The number of carbonyl (C=O) groups is 1. The summed E-state index contributed by atoms with van der Waals surface area (Å²) in [4.78, 5) is 35.5. The van der Waals surface area contributed by atoms with Crippen LogP contribution in [0.5, 0.6) is 11.6 Å². The number of ketones is 1. The smallest absolute Gasteiger partial charge is 0.336 e. The monoisotopic (exact) mass is 520 g/mol. The van der Waals surface area contributed by atoms with Crippen molar-refractivity contribution in [1.29, 1.82) is 0 Å². The van der Waals surface area contributed by atoms with E-state index in [9.17, 15) is 9.59 Å². The van der Waals surface area contributed by atoms with Crippen LogP contribution in [-0.4, -0.2) is 32.5 Å². The van der Waals surface area contributed by atoms with Crippen LogP contribution in [0.4, 0.5) is 0 Å². The Morgan fingerprint density at radius 3 is 2.67 bits per heavy atom. The van der Waals surface area contributed by atoms with Crippen LogP contribution in [0.25, 0.3) is 28.0 Å². The van der Waals surface area contributed by atoms with Crippen molar-refractivity contribution < 1.29 is 18.7 Å². The van der Waals surface area contributed by atoms with Crippen LogP contribution in [0, 0.1) is 5.41 Å². The third-order valence-electron chi connectivity index (χ3n) is 7.39. The lowest BCUT2D eigenvalue weighted by molar-refractivity contribution is -0.118. The third-order valence-corrected chi connectivity index (χ3v) is 7.39. The molecule has 2 aromatic carbocycles. The van der Waals surface area contributed by atoms with E-state index in [1.165, 1.54) is 6.07 Å². The maximum Gasteiger partial charge on any atom is 0.336 e. The Labute approximate surface area is 222 Å². The van der Waals surface area contributed by atoms with Crippen molar-refractivity contribution in [1.82, 2.24) is 19.6 Å². The molecule has 0 saturated carbocycles. The van der Waals surface area contributed by atoms with Crippen LogP contribution in [0.3, 0.4) is 0 Å². The number of methoxy groups -OCH3 is 1. The lowest BCUT2D eigenvalue weighted by Crippen LogP contribution is -2.33. The van der Waals surface area contributed by atoms with Gasteiger partial charge in [0.2, 0.25) is 5.88 Å². The second kappa shape index (κ2) is 8.36. The Bertz CT molecular complexity index is 1900. The molecule has 2 aliphatic rings. The van der Waals surface area contributed by atoms with Gasteiger partial charge in [-0.05, 0) is 23.1 Å². The van der Waals surface area contributed by atoms with E-state index >= 15 is 0 Å². The number of ether oxygens (including phenoxy) is 2. The van der Waals surface area contributed by atoms with E-state index in [-0.39, 0.29) is 11.2 Å². The van der Waals surface area contributed by atoms with Crippen molar-refractivity contribution in [2.24, 2.45) is 5.41 Å². The van der Waals surface area contributed by atoms with E-state index in [0.29, 0.717) is 69.4 Å². The van der Waals surface area contributed by atoms with Gasteiger partial charge in [-0.25, -0.2) is 19.3 Å². The number of aromatic nitrogens is 4. The molecule has 0 radical (unpaired) electrons. The molecule has 0 saturated heterocycles. The van der Waals surface area contributed by atoms with Gasteiger partial charge in [-0.3, -0.25) is 4.79 Å². The van der Waals surface area contributed by atoms with Gasteiger partial charge in [0.05, 0.1) is 12.7 Å². The van der Waals surface area contributed by atoms with Crippen LogP contribution in [0.2, 0.25) is 0 Å². The zero-order valence-electron chi connectivity index (χ0n) is 21.6. The van der Waals surface area contributed by atoms with Crippen molar-refractivity contribution in [2.75, 3.05) is 7.11 Å². The fourth-order valence-corrected chi connectivity index (χ4v) is 5.69. The molecule has 1 aliphatic carbocycles. The molecule has 5 aromatic rings. The minimum absolute atomic E-state index is 0.0584. The van der Waals surface area contributed by atoms with Crippen LogP contribution in [-0.2, 0) is 4.79 Å². The largest absolute Gasteiger partial charge is 0.497 e. The second-order valence-corrected chi connectivity index (χ2v) is 10.7. The first-order valence-corrected chi connectivity index (χ1v) is 12.7. The normalized spacial score (nSPS) is 18.1. The molecular formula is C30H24N4O5. The second-order valence-electron chi connectivity index (χ2n) is 10.7. The maximum atomic E-state index is 13.6. The quantitative estimate of drug-likeness (QED) is 0.303. The molecule has 9 nitrogen and oxygen atoms in total. The summed E-state index contributed by atoms with van der Waals surface area (Å²) in [5.41, 5.74) is 2.91. The number of hydrogen-bond acceptors (Lipinski definition) is 8. The summed E-state index contributed by atoms with van der Waals surface area (Å²) in [6.45, 7) is 4.14. The highest BCUT2D eigenvalue weighted by atomic mass is 16.5. The van der Waals surface area contributed by atoms with E-state index < -0.39 is 11.5 Å². The molecule has 0 N–H and O–H groups in total. The number of fused-ring (bicyclic) bond motifs is 4. The van der Waals surface area contributed by atoms with Crippen molar-refractivity contribution in [3.8, 4) is 23.0 Å². The highest BCUT2D eigenvalue weighted by Gasteiger charge is 2.44. The molecule has 0 fully saturated rings. The fraction of sp³-hybridized carbons (Fsp3) is 0.233. The number of nitrogens with zero attached hydrogens (tertiary/aromatic N) is 4. The van der Waals surface area contributed by atoms with Gasteiger partial charge >= 0.3 is 5.63 Å². The average molecular weight is 521 g/mol. The predicted octanol–water partition coefficient (Wildman–Crippen LogP) is 5.07. The van der Waals surface area contributed by atoms with Gasteiger partial charge in [0, 0.05) is 47.4 Å². The van der Waals surface area contributed by atoms with Crippen LogP contribution in [0.15, 0.2) is 81.5 Å². The zero-order chi connectivity index (χ0) is 26.9. The van der Waals surface area contributed by atoms with Crippen LogP contribution >= 0.6 is 0 Å². The van der Waals surface area contributed by atoms with E-state index in [2.05, 4.69) is 23.9 Å². The van der Waals surface area contributed by atoms with Crippen LogP contribution in [0.1, 0.15) is 43.7 Å². The molecule has 39 heavy (non-hydrogen) atoms. The first-order valence-electron chi connectivity index (χ1n) is 12.7. The molecule has 1 atom stereocenters. The Morgan fingerprint density at radius 2 is 1.87 bits per heavy atom. The van der Waals surface area contributed by atoms with E-state index in [1.54, 1.807) is 36.2 Å². The van der Waals surface area contributed by atoms with Crippen molar-refractivity contribution >= 4 is 22.4 Å². The molecule has 0 amide bonds. The molecule has 1 aliphatic heterocycles. The summed E-state index contributed by atoms with van der Waals surface area (Å²) >= 11 is 0. The lowest BCUT2D eigenvalue weighted by Gasteiger charge is -2.37. The first kappa shape index (κ1) is 23.3. The van der Waals surface area contributed by atoms with E-state index in [1.807, 2.05) is 30.3 Å². The molecule has 0 bridgehead atoms. The summed E-state index contributed by atoms with van der Waals surface area (Å²) in [5, 5.41) is 5.34. The summed E-state index contributed by atoms with van der Waals surface area (Å²) in [7, 11) is 1.55. The Hall–Kier alpha value is -4.79. The van der Waals surface area contributed by atoms with Gasteiger partial charge < -0.3 is 13.9 Å². The minimum Gasteiger partial charge on any atom is -0.497 e. The number of hydrogen-bond donors (Lipinski definition) is 0. The van der Waals surface area contributed by atoms with Gasteiger partial charge in [-0.1, -0.05) is 44.2 Å². The molecule has 7 rings (SSSR count). The summed E-state index contributed by atoms with van der Waals surface area (Å²) in [6.07, 6.45) is 2.61. The first-order chi connectivity index (χ1) is 18.8. The van der Waals surface area contributed by atoms with Gasteiger partial charge in [0.1, 0.15) is 23.4 Å². The van der Waals surface area contributed by atoms with Gasteiger partial charge in [0.25, 0.3) is 0 Å². The van der Waals surface area contributed by atoms with Gasteiger partial charge in [-0.15, -0.1) is 5.10 Å². The minimum atomic E-state index is -0.527. The fourth-order valence-electron chi connectivity index (χ4n) is 5.69. The highest BCUT2D eigenvalue weighted by molar-refractivity contribution is 6.00. The number of carbonyl (C=O) groups excluding carboxylic acids is 1. The van der Waals surface area contributed by atoms with Crippen molar-refractivity contribution in [3.05, 3.63) is 93.8 Å². The molecule has 3 aromatic heterocycles. The molecule has 0 spiro atoms. The van der Waals surface area contributed by atoms with Gasteiger partial charge in [0.15, 0.2) is 17.3 Å². The third kappa shape index (κ3) is 3.72. The molecular weight excluding hydrogens is 496 g/mol. The van der Waals surface area contributed by atoms with E-state index in [4.69, 9.17) is 18.9 Å². The average Bonchev–Trinajstić information content (AvgIpc) is 3.35. The summed E-state index contributed by atoms with van der Waals surface area (Å²) in [5.74, 6) is 1.61. The topological polar surface area (TPSA) is 109 Å². The van der Waals surface area contributed by atoms with Crippen LogP contribution < -0.4 is 15.1 Å². The van der Waals surface area contributed by atoms with E-state index in [0.717, 1.165) is 5.56 Å². The van der Waals surface area contributed by atoms with Gasteiger partial charge in [-0.2, -0.15) is 0 Å². The van der Waals surface area contributed by atoms with Crippen molar-refractivity contribution in [2.45, 2.75) is 32.6 Å². The molecule has 9 heteroatoms. The zero-order valence-corrected chi connectivity index (χ0v) is 21.6. The number of rotatable bonds is 3. The molecule has 194 valence electrons. The predicted molar refractivity (Wildman–Crippen MR) is 143 cm³/mol. The maximum absolute atomic E-state index is 13.6. The Morgan fingerprint density at radius 1 is 1.05 bits per heavy atom. The molecule has 1 unspecified atom stereocenters. The Balaban J connectivity index is 1.47. The highest BCUT2D eigenvalue weighted by Crippen LogP contribution is 2.50. The van der Waals surface area contributed by atoms with Crippen molar-refractivity contribution in [3.63, 3.8) is 0 Å². The summed E-state index contributed by atoms with van der Waals surface area (Å²) < 4.78 is 18.6. The number of allylic oxidation sites excluding steroid dienone is 2. The lowest BCUT2D eigenvalue weighted by atomic mass is 9.70. The standard InChI is InChI=1S/C30H24N4O5/c1-30(2)13-20(35)25-22(14-30)39-29-26(24(25)16-7-5-4-6-8-16)28-32-27(33-34(28)15-31-29)19-12-23(36)38-21-11-17(37-3)9-10-18(19)21/h4-12,15,24H,13-14H2,1-3H3. The number of Topliss-reactive ketones (excluding diaryl/α,β-unsaturated/α-hetero) is 1. The molecule has 4 heterocycles. The number of benzene rings is 2. The SMILES string of the molecule is COc1ccc2c(-c3nc4c5c(ncn4n3)OC3=C(C(=O)CC(C)(C)C3)C5c3ccccc3)cc(=O)oc2c1. The summed E-state index contributed by atoms with van der Waals surface area (Å²) in [6, 6.07) is 16.5.